The summed E-state index contributed by atoms with van der Waals surface area (Å²) in [6.07, 6.45) is -2.37. The highest BCUT2D eigenvalue weighted by molar-refractivity contribution is 6.60. The fourth-order valence-corrected chi connectivity index (χ4v) is 6.21. The van der Waals surface area contributed by atoms with Crippen molar-refractivity contribution in [2.75, 3.05) is 0 Å². The topological polar surface area (TPSA) is 119 Å². The third kappa shape index (κ3) is 5.53. The lowest BCUT2D eigenvalue weighted by molar-refractivity contribution is -0.162. The summed E-state index contributed by atoms with van der Waals surface area (Å²) in [5, 5.41) is 24.0. The standard InChI is InChI=1S/C34H30B2O8/c1-21(42-22(2)37)34(44-36(41)26-15-7-4-8-16-26)19-29-31(30(20-34)43-35(40)25-13-5-3-6-14-25)33(39)28-18-24-12-10-9-11-23(24)17-27(28)32(29)38/h3-18,21,30,40-41H,19-20H2,1-2H3/t21-,30+,34+/m1/s1. The maximum absolute atomic E-state index is 14.3. The van der Waals surface area contributed by atoms with Crippen LogP contribution in [0.4, 0.5) is 0 Å². The van der Waals surface area contributed by atoms with E-state index < -0.39 is 38.0 Å². The molecule has 0 aromatic heterocycles. The van der Waals surface area contributed by atoms with Crippen molar-refractivity contribution in [3.63, 3.8) is 0 Å². The first-order valence-corrected chi connectivity index (χ1v) is 14.5. The van der Waals surface area contributed by atoms with Gasteiger partial charge in [-0.1, -0.05) is 84.9 Å². The molecule has 0 amide bonds. The Labute approximate surface area is 255 Å². The molecule has 6 rings (SSSR count). The number of ether oxygens (including phenoxy) is 1. The Morgan fingerprint density at radius 1 is 0.818 bits per heavy atom. The summed E-state index contributed by atoms with van der Waals surface area (Å²) < 4.78 is 18.2. The van der Waals surface area contributed by atoms with Gasteiger partial charge in [0.05, 0.1) is 11.7 Å². The van der Waals surface area contributed by atoms with E-state index in [2.05, 4.69) is 0 Å². The summed E-state index contributed by atoms with van der Waals surface area (Å²) in [5.41, 5.74) is 0.141. The second-order valence-electron chi connectivity index (χ2n) is 11.3. The molecule has 0 saturated heterocycles. The number of hydrogen-bond acceptors (Lipinski definition) is 8. The van der Waals surface area contributed by atoms with Crippen LogP contribution in [0.1, 0.15) is 47.4 Å². The molecule has 2 aliphatic rings. The predicted molar refractivity (Wildman–Crippen MR) is 167 cm³/mol. The van der Waals surface area contributed by atoms with Crippen LogP contribution < -0.4 is 10.9 Å². The van der Waals surface area contributed by atoms with Gasteiger partial charge in [-0.05, 0) is 40.8 Å². The minimum Gasteiger partial charge on any atom is -0.460 e. The molecule has 0 aliphatic heterocycles. The van der Waals surface area contributed by atoms with E-state index in [0.717, 1.165) is 10.8 Å². The number of rotatable bonds is 8. The number of benzene rings is 4. The minimum atomic E-state index is -1.51. The third-order valence-corrected chi connectivity index (χ3v) is 8.44. The largest absolute Gasteiger partial charge is 0.491 e. The molecule has 4 aromatic rings. The van der Waals surface area contributed by atoms with Crippen molar-refractivity contribution in [2.24, 2.45) is 0 Å². The fraction of sp³-hybridized carbons (Fsp3) is 0.206. The average molecular weight is 588 g/mol. The van der Waals surface area contributed by atoms with Crippen LogP contribution in [-0.2, 0) is 18.8 Å². The highest BCUT2D eigenvalue weighted by Crippen LogP contribution is 2.45. The van der Waals surface area contributed by atoms with Crippen molar-refractivity contribution < 1.29 is 38.5 Å². The van der Waals surface area contributed by atoms with E-state index >= 15 is 0 Å². The Morgan fingerprint density at radius 2 is 1.34 bits per heavy atom. The molecule has 2 N–H and O–H groups in total. The number of carbonyl (C=O) groups excluding carboxylic acids is 3. The molecule has 3 atom stereocenters. The Balaban J connectivity index is 1.49. The maximum Gasteiger partial charge on any atom is 0.491 e. The van der Waals surface area contributed by atoms with Crippen molar-refractivity contribution in [1.82, 2.24) is 0 Å². The van der Waals surface area contributed by atoms with E-state index in [1.54, 1.807) is 79.7 Å². The molecule has 0 radical (unpaired) electrons. The van der Waals surface area contributed by atoms with Crippen LogP contribution in [0, 0.1) is 0 Å². The summed E-state index contributed by atoms with van der Waals surface area (Å²) in [6, 6.07) is 28.2. The molecule has 4 aromatic carbocycles. The highest BCUT2D eigenvalue weighted by Gasteiger charge is 2.53. The highest BCUT2D eigenvalue weighted by atomic mass is 16.6. The molecule has 10 heteroatoms. The Morgan fingerprint density at radius 3 is 1.91 bits per heavy atom. The fourth-order valence-electron chi connectivity index (χ4n) is 6.21. The van der Waals surface area contributed by atoms with E-state index in [-0.39, 0.29) is 46.7 Å². The number of esters is 1. The van der Waals surface area contributed by atoms with Crippen molar-refractivity contribution >= 4 is 53.5 Å². The molecule has 8 nitrogen and oxygen atoms in total. The van der Waals surface area contributed by atoms with Gasteiger partial charge in [0.15, 0.2) is 11.6 Å². The lowest BCUT2D eigenvalue weighted by Crippen LogP contribution is -2.58. The molecule has 220 valence electrons. The quantitative estimate of drug-likeness (QED) is 0.238. The van der Waals surface area contributed by atoms with Crippen LogP contribution in [0.5, 0.6) is 0 Å². The lowest BCUT2D eigenvalue weighted by atomic mass is 9.66. The molecule has 44 heavy (non-hydrogen) atoms. The monoisotopic (exact) mass is 588 g/mol. The van der Waals surface area contributed by atoms with Crippen molar-refractivity contribution in [3.8, 4) is 0 Å². The van der Waals surface area contributed by atoms with Crippen molar-refractivity contribution in [2.45, 2.75) is 44.5 Å². The van der Waals surface area contributed by atoms with Crippen LogP contribution in [0.15, 0.2) is 108 Å². The van der Waals surface area contributed by atoms with Crippen LogP contribution in [-0.4, -0.2) is 59.6 Å². The van der Waals surface area contributed by atoms with Crippen molar-refractivity contribution in [3.05, 3.63) is 119 Å². The molecular formula is C34H30B2O8. The first-order chi connectivity index (χ1) is 21.2. The number of carbonyl (C=O) groups is 3. The molecule has 0 bridgehead atoms. The molecule has 0 fully saturated rings. The van der Waals surface area contributed by atoms with Gasteiger partial charge in [-0.15, -0.1) is 0 Å². The first kappa shape index (κ1) is 29.7. The van der Waals surface area contributed by atoms with E-state index in [1.807, 2.05) is 24.3 Å². The SMILES string of the molecule is CC(=O)O[C@H](C)[C@]1(OB(O)c2ccccc2)CC2=C(C(=O)c3cc4ccccc4cc3C2=O)[C@@H](OB(O)c2ccccc2)C1. The number of Topliss-reactive ketones (excluding diaryl/α,β-unsaturated/α-hetero) is 2. The normalized spacial score (nSPS) is 20.1. The number of fused-ring (bicyclic) bond motifs is 2. The van der Waals surface area contributed by atoms with Gasteiger partial charge in [-0.25, -0.2) is 0 Å². The summed E-state index contributed by atoms with van der Waals surface area (Å²) in [6.45, 7) is 2.88. The average Bonchev–Trinajstić information content (AvgIpc) is 3.03. The van der Waals surface area contributed by atoms with Gasteiger partial charge in [-0.3, -0.25) is 14.4 Å². The van der Waals surface area contributed by atoms with Crippen LogP contribution in [0.2, 0.25) is 0 Å². The molecule has 0 spiro atoms. The van der Waals surface area contributed by atoms with Gasteiger partial charge in [0, 0.05) is 42.0 Å². The molecule has 2 aliphatic carbocycles. The summed E-state index contributed by atoms with van der Waals surface area (Å²) in [7, 11) is -2.91. The van der Waals surface area contributed by atoms with Crippen LogP contribution >= 0.6 is 0 Å². The van der Waals surface area contributed by atoms with Gasteiger partial charge in [0.25, 0.3) is 0 Å². The van der Waals surface area contributed by atoms with E-state index in [0.29, 0.717) is 10.9 Å². The Kier molecular flexibility index (Phi) is 8.09. The second-order valence-corrected chi connectivity index (χ2v) is 11.3. The van der Waals surface area contributed by atoms with Crippen LogP contribution in [0.25, 0.3) is 10.8 Å². The zero-order valence-electron chi connectivity index (χ0n) is 24.3. The molecule has 0 unspecified atom stereocenters. The molecule has 0 heterocycles. The molecular weight excluding hydrogens is 558 g/mol. The third-order valence-electron chi connectivity index (χ3n) is 8.44. The Hall–Kier alpha value is -4.34. The smallest absolute Gasteiger partial charge is 0.460 e. The van der Waals surface area contributed by atoms with Crippen molar-refractivity contribution in [1.29, 1.82) is 0 Å². The summed E-state index contributed by atoms with van der Waals surface area (Å²) in [5.74, 6) is -1.36. The van der Waals surface area contributed by atoms with E-state index in [1.165, 1.54) is 6.92 Å². The van der Waals surface area contributed by atoms with Gasteiger partial charge >= 0.3 is 20.2 Å². The zero-order chi connectivity index (χ0) is 31.0. The minimum absolute atomic E-state index is 0.101. The predicted octanol–water partition coefficient (Wildman–Crippen LogP) is 3.18. The Bertz CT molecular complexity index is 1770. The van der Waals surface area contributed by atoms with E-state index in [4.69, 9.17) is 14.0 Å². The summed E-state index contributed by atoms with van der Waals surface area (Å²) in [4.78, 5) is 40.7. The van der Waals surface area contributed by atoms with E-state index in [9.17, 15) is 24.4 Å². The first-order valence-electron chi connectivity index (χ1n) is 14.5. The second kappa shape index (κ2) is 12.0. The number of ketones is 2. The van der Waals surface area contributed by atoms with Crippen LogP contribution in [0.3, 0.4) is 0 Å². The number of hydrogen-bond donors (Lipinski definition) is 2. The summed E-state index contributed by atoms with van der Waals surface area (Å²) >= 11 is 0. The van der Waals surface area contributed by atoms with Gasteiger partial charge < -0.3 is 24.1 Å². The molecule has 0 saturated carbocycles. The zero-order valence-corrected chi connectivity index (χ0v) is 24.3. The van der Waals surface area contributed by atoms with Gasteiger partial charge in [0.1, 0.15) is 6.10 Å². The lowest BCUT2D eigenvalue weighted by Gasteiger charge is -2.47. The van der Waals surface area contributed by atoms with Gasteiger partial charge in [0.2, 0.25) is 0 Å². The maximum atomic E-state index is 14.3. The van der Waals surface area contributed by atoms with Gasteiger partial charge in [-0.2, -0.15) is 0 Å².